The predicted molar refractivity (Wildman–Crippen MR) is 78.9 cm³/mol. The molecule has 116 valence electrons. The third-order valence-corrected chi connectivity index (χ3v) is 4.71. The molecule has 1 fully saturated rings. The molecule has 1 aromatic heterocycles. The SMILES string of the molecule is CNS(=O)(=O)CC(=O)N1CCN(Cc2ccccn2)CC1. The van der Waals surface area contributed by atoms with Crippen LogP contribution < -0.4 is 4.72 Å². The van der Waals surface area contributed by atoms with Crippen molar-refractivity contribution < 1.29 is 13.2 Å². The fraction of sp³-hybridized carbons (Fsp3) is 0.538. The van der Waals surface area contributed by atoms with Crippen molar-refractivity contribution in [2.24, 2.45) is 0 Å². The summed E-state index contributed by atoms with van der Waals surface area (Å²) >= 11 is 0. The van der Waals surface area contributed by atoms with E-state index in [1.807, 2.05) is 18.2 Å². The second kappa shape index (κ2) is 6.97. The van der Waals surface area contributed by atoms with E-state index < -0.39 is 15.8 Å². The van der Waals surface area contributed by atoms with E-state index in [9.17, 15) is 13.2 Å². The van der Waals surface area contributed by atoms with Gasteiger partial charge in [0, 0.05) is 38.9 Å². The second-order valence-corrected chi connectivity index (χ2v) is 6.87. The maximum Gasteiger partial charge on any atom is 0.239 e. The van der Waals surface area contributed by atoms with Crippen LogP contribution in [0.1, 0.15) is 5.69 Å². The minimum absolute atomic E-state index is 0.346. The summed E-state index contributed by atoms with van der Waals surface area (Å²) in [6, 6.07) is 5.80. The number of carbonyl (C=O) groups is 1. The van der Waals surface area contributed by atoms with Crippen molar-refractivity contribution in [2.45, 2.75) is 6.54 Å². The number of pyridine rings is 1. The highest BCUT2D eigenvalue weighted by Crippen LogP contribution is 2.07. The number of sulfonamides is 1. The van der Waals surface area contributed by atoms with Gasteiger partial charge in [0.2, 0.25) is 15.9 Å². The number of nitrogens with zero attached hydrogens (tertiary/aromatic N) is 3. The molecule has 21 heavy (non-hydrogen) atoms. The summed E-state index contributed by atoms with van der Waals surface area (Å²) in [4.78, 5) is 20.0. The first-order valence-electron chi connectivity index (χ1n) is 6.81. The fourth-order valence-electron chi connectivity index (χ4n) is 2.20. The molecule has 2 rings (SSSR count). The van der Waals surface area contributed by atoms with Gasteiger partial charge in [-0.2, -0.15) is 0 Å². The molecule has 1 aliphatic rings. The number of hydrogen-bond donors (Lipinski definition) is 1. The third kappa shape index (κ3) is 4.76. The quantitative estimate of drug-likeness (QED) is 0.775. The highest BCUT2D eigenvalue weighted by molar-refractivity contribution is 7.90. The summed E-state index contributed by atoms with van der Waals surface area (Å²) in [5.74, 6) is -0.828. The smallest absolute Gasteiger partial charge is 0.239 e. The van der Waals surface area contributed by atoms with Gasteiger partial charge in [-0.1, -0.05) is 6.07 Å². The summed E-state index contributed by atoms with van der Waals surface area (Å²) in [7, 11) is -2.18. The van der Waals surface area contributed by atoms with Gasteiger partial charge < -0.3 is 4.90 Å². The van der Waals surface area contributed by atoms with Gasteiger partial charge in [-0.3, -0.25) is 14.7 Å². The number of nitrogens with one attached hydrogen (secondary N) is 1. The Bertz CT molecular complexity index is 568. The third-order valence-electron chi connectivity index (χ3n) is 3.46. The molecule has 0 atom stereocenters. The van der Waals surface area contributed by atoms with Gasteiger partial charge in [-0.05, 0) is 19.2 Å². The molecule has 2 heterocycles. The van der Waals surface area contributed by atoms with E-state index >= 15 is 0 Å². The molecule has 1 amide bonds. The van der Waals surface area contributed by atoms with Crippen LogP contribution in [0, 0.1) is 0 Å². The lowest BCUT2D eigenvalue weighted by molar-refractivity contribution is -0.130. The van der Waals surface area contributed by atoms with Crippen LogP contribution in [0.4, 0.5) is 0 Å². The lowest BCUT2D eigenvalue weighted by Gasteiger charge is -2.34. The molecule has 0 saturated carbocycles. The zero-order valence-electron chi connectivity index (χ0n) is 12.0. The monoisotopic (exact) mass is 312 g/mol. The maximum absolute atomic E-state index is 11.9. The van der Waals surface area contributed by atoms with Gasteiger partial charge in [-0.25, -0.2) is 13.1 Å². The molecule has 1 aliphatic heterocycles. The van der Waals surface area contributed by atoms with Crippen LogP contribution in [-0.2, 0) is 21.4 Å². The summed E-state index contributed by atoms with van der Waals surface area (Å²) in [5, 5.41) is 0. The lowest BCUT2D eigenvalue weighted by Crippen LogP contribution is -2.50. The van der Waals surface area contributed by atoms with Crippen molar-refractivity contribution >= 4 is 15.9 Å². The van der Waals surface area contributed by atoms with Crippen molar-refractivity contribution in [3.05, 3.63) is 30.1 Å². The molecule has 7 nitrogen and oxygen atoms in total. The second-order valence-electron chi connectivity index (χ2n) is 4.94. The molecular formula is C13H20N4O3S. The first-order chi connectivity index (χ1) is 10.00. The van der Waals surface area contributed by atoms with Crippen molar-refractivity contribution in [3.8, 4) is 0 Å². The number of piperazine rings is 1. The average molecular weight is 312 g/mol. The first-order valence-corrected chi connectivity index (χ1v) is 8.46. The van der Waals surface area contributed by atoms with Gasteiger partial charge >= 0.3 is 0 Å². The van der Waals surface area contributed by atoms with Crippen LogP contribution in [0.5, 0.6) is 0 Å². The summed E-state index contributed by atoms with van der Waals surface area (Å²) < 4.78 is 24.9. The molecule has 0 aliphatic carbocycles. The normalized spacial score (nSPS) is 16.9. The minimum atomic E-state index is -3.49. The molecule has 0 spiro atoms. The molecule has 0 unspecified atom stereocenters. The predicted octanol–water partition coefficient (Wildman–Crippen LogP) is -0.725. The Hall–Kier alpha value is -1.51. The Morgan fingerprint density at radius 2 is 2.00 bits per heavy atom. The summed E-state index contributed by atoms with van der Waals surface area (Å²) in [6.45, 7) is 3.29. The maximum atomic E-state index is 11.9. The van der Waals surface area contributed by atoms with E-state index in [2.05, 4.69) is 14.6 Å². The number of hydrogen-bond acceptors (Lipinski definition) is 5. The Morgan fingerprint density at radius 1 is 1.29 bits per heavy atom. The fourth-order valence-corrected chi connectivity index (χ4v) is 2.85. The van der Waals surface area contributed by atoms with Gasteiger partial charge in [0.05, 0.1) is 5.69 Å². The van der Waals surface area contributed by atoms with Gasteiger partial charge in [0.25, 0.3) is 0 Å². The van der Waals surface area contributed by atoms with E-state index in [1.165, 1.54) is 7.05 Å². The number of amides is 1. The highest BCUT2D eigenvalue weighted by Gasteiger charge is 2.24. The van der Waals surface area contributed by atoms with E-state index in [-0.39, 0.29) is 5.91 Å². The van der Waals surface area contributed by atoms with Gasteiger partial charge in [0.1, 0.15) is 5.75 Å². The number of carbonyl (C=O) groups excluding carboxylic acids is 1. The van der Waals surface area contributed by atoms with Crippen molar-refractivity contribution in [2.75, 3.05) is 39.0 Å². The van der Waals surface area contributed by atoms with E-state index in [0.29, 0.717) is 13.1 Å². The van der Waals surface area contributed by atoms with Crippen LogP contribution in [0.2, 0.25) is 0 Å². The standard InChI is InChI=1S/C13H20N4O3S/c1-14-21(19,20)11-13(18)17-8-6-16(7-9-17)10-12-4-2-3-5-15-12/h2-5,14H,6-11H2,1H3. The zero-order chi connectivity index (χ0) is 15.3. The highest BCUT2D eigenvalue weighted by atomic mass is 32.2. The molecule has 1 saturated heterocycles. The Labute approximate surface area is 125 Å². The minimum Gasteiger partial charge on any atom is -0.339 e. The van der Waals surface area contributed by atoms with Crippen molar-refractivity contribution in [1.29, 1.82) is 0 Å². The lowest BCUT2D eigenvalue weighted by atomic mass is 10.2. The van der Waals surface area contributed by atoms with E-state index in [0.717, 1.165) is 25.3 Å². The van der Waals surface area contributed by atoms with Crippen LogP contribution in [0.15, 0.2) is 24.4 Å². The molecule has 0 aromatic carbocycles. The summed E-state index contributed by atoms with van der Waals surface area (Å²) in [6.07, 6.45) is 1.76. The van der Waals surface area contributed by atoms with E-state index in [4.69, 9.17) is 0 Å². The van der Waals surface area contributed by atoms with Crippen LogP contribution >= 0.6 is 0 Å². The number of aromatic nitrogens is 1. The van der Waals surface area contributed by atoms with Crippen molar-refractivity contribution in [3.63, 3.8) is 0 Å². The first kappa shape index (κ1) is 15.9. The van der Waals surface area contributed by atoms with Crippen LogP contribution in [0.3, 0.4) is 0 Å². The average Bonchev–Trinajstić information content (AvgIpc) is 2.48. The molecule has 8 heteroatoms. The van der Waals surface area contributed by atoms with Crippen molar-refractivity contribution in [1.82, 2.24) is 19.5 Å². The Morgan fingerprint density at radius 3 is 2.57 bits per heavy atom. The Balaban J connectivity index is 1.82. The van der Waals surface area contributed by atoms with Crippen LogP contribution in [-0.4, -0.2) is 68.1 Å². The largest absolute Gasteiger partial charge is 0.339 e. The molecule has 0 bridgehead atoms. The van der Waals surface area contributed by atoms with Crippen LogP contribution in [0.25, 0.3) is 0 Å². The Kier molecular flexibility index (Phi) is 5.27. The molecule has 1 aromatic rings. The van der Waals surface area contributed by atoms with E-state index in [1.54, 1.807) is 11.1 Å². The molecular weight excluding hydrogens is 292 g/mol. The topological polar surface area (TPSA) is 82.6 Å². The molecule has 1 N–H and O–H groups in total. The zero-order valence-corrected chi connectivity index (χ0v) is 12.8. The van der Waals surface area contributed by atoms with Gasteiger partial charge in [0.15, 0.2) is 0 Å². The van der Waals surface area contributed by atoms with Gasteiger partial charge in [-0.15, -0.1) is 0 Å². The summed E-state index contributed by atoms with van der Waals surface area (Å²) in [5.41, 5.74) is 0.995. The number of rotatable bonds is 5. The molecule has 0 radical (unpaired) electrons.